The molecule has 0 spiro atoms. The molecule has 0 saturated carbocycles. The van der Waals surface area contributed by atoms with Crippen molar-refractivity contribution in [3.05, 3.63) is 76.8 Å². The molecule has 3 rings (SSSR count). The SMILES string of the molecule is CCC(CNC(=O)Cc1csc(-c2cccc(C)c2)n1)c1ccccc1. The molecule has 0 bridgehead atoms. The minimum Gasteiger partial charge on any atom is -0.355 e. The van der Waals surface area contributed by atoms with E-state index in [0.717, 1.165) is 22.7 Å². The zero-order valence-corrected chi connectivity index (χ0v) is 16.1. The number of benzene rings is 2. The third kappa shape index (κ3) is 4.79. The lowest BCUT2D eigenvalue weighted by Crippen LogP contribution is -2.29. The summed E-state index contributed by atoms with van der Waals surface area (Å²) < 4.78 is 0. The van der Waals surface area contributed by atoms with E-state index in [9.17, 15) is 4.79 Å². The summed E-state index contributed by atoms with van der Waals surface area (Å²) in [7, 11) is 0. The Morgan fingerprint density at radius 3 is 2.69 bits per heavy atom. The van der Waals surface area contributed by atoms with Gasteiger partial charge in [-0.2, -0.15) is 0 Å². The molecule has 4 heteroatoms. The summed E-state index contributed by atoms with van der Waals surface area (Å²) >= 11 is 1.59. The second-order valence-corrected chi connectivity index (χ2v) is 7.37. The number of carbonyl (C=O) groups is 1. The third-order valence-electron chi connectivity index (χ3n) is 4.47. The van der Waals surface area contributed by atoms with Crippen molar-refractivity contribution >= 4 is 17.2 Å². The lowest BCUT2D eigenvalue weighted by Gasteiger charge is -2.16. The van der Waals surface area contributed by atoms with Gasteiger partial charge in [0.1, 0.15) is 5.01 Å². The van der Waals surface area contributed by atoms with Crippen LogP contribution in [0, 0.1) is 6.92 Å². The molecule has 2 aromatic carbocycles. The molecule has 0 aliphatic rings. The molecule has 1 aromatic heterocycles. The Balaban J connectivity index is 1.57. The zero-order valence-electron chi connectivity index (χ0n) is 15.2. The summed E-state index contributed by atoms with van der Waals surface area (Å²) in [4.78, 5) is 16.9. The number of aromatic nitrogens is 1. The number of hydrogen-bond acceptors (Lipinski definition) is 3. The number of amides is 1. The Bertz CT molecular complexity index is 857. The normalized spacial score (nSPS) is 11.9. The first kappa shape index (κ1) is 18.3. The van der Waals surface area contributed by atoms with E-state index >= 15 is 0 Å². The van der Waals surface area contributed by atoms with E-state index < -0.39 is 0 Å². The van der Waals surface area contributed by atoms with Gasteiger partial charge in [0, 0.05) is 23.4 Å². The number of nitrogens with zero attached hydrogens (tertiary/aromatic N) is 1. The summed E-state index contributed by atoms with van der Waals surface area (Å²) in [5.74, 6) is 0.374. The number of thiazole rings is 1. The average Bonchev–Trinajstić information content (AvgIpc) is 3.11. The first-order valence-corrected chi connectivity index (χ1v) is 9.86. The summed E-state index contributed by atoms with van der Waals surface area (Å²) in [6, 6.07) is 18.6. The molecule has 0 saturated heterocycles. The highest BCUT2D eigenvalue weighted by Crippen LogP contribution is 2.24. The van der Waals surface area contributed by atoms with Gasteiger partial charge in [0.15, 0.2) is 0 Å². The van der Waals surface area contributed by atoms with E-state index in [4.69, 9.17) is 0 Å². The predicted molar refractivity (Wildman–Crippen MR) is 108 cm³/mol. The molecule has 0 aliphatic carbocycles. The van der Waals surface area contributed by atoms with Crippen molar-refractivity contribution in [3.8, 4) is 10.6 Å². The lowest BCUT2D eigenvalue weighted by atomic mass is 9.96. The van der Waals surface area contributed by atoms with E-state index in [1.54, 1.807) is 11.3 Å². The second kappa shape index (κ2) is 8.77. The third-order valence-corrected chi connectivity index (χ3v) is 5.41. The molecular formula is C22H24N2OS. The average molecular weight is 365 g/mol. The van der Waals surface area contributed by atoms with Crippen LogP contribution in [0.2, 0.25) is 0 Å². The Kier molecular flexibility index (Phi) is 6.18. The van der Waals surface area contributed by atoms with Crippen LogP contribution in [0.15, 0.2) is 60.0 Å². The largest absolute Gasteiger partial charge is 0.355 e. The quantitative estimate of drug-likeness (QED) is 0.643. The summed E-state index contributed by atoms with van der Waals surface area (Å²) in [5, 5.41) is 6.01. The Labute approximate surface area is 159 Å². The van der Waals surface area contributed by atoms with Crippen LogP contribution < -0.4 is 5.32 Å². The number of hydrogen-bond donors (Lipinski definition) is 1. The van der Waals surface area contributed by atoms with Crippen molar-refractivity contribution in [2.75, 3.05) is 6.54 Å². The van der Waals surface area contributed by atoms with Crippen molar-refractivity contribution in [3.63, 3.8) is 0 Å². The maximum atomic E-state index is 12.3. The van der Waals surface area contributed by atoms with E-state index in [-0.39, 0.29) is 5.91 Å². The van der Waals surface area contributed by atoms with Crippen molar-refractivity contribution < 1.29 is 4.79 Å². The number of rotatable bonds is 7. The van der Waals surface area contributed by atoms with E-state index in [0.29, 0.717) is 18.9 Å². The number of aryl methyl sites for hydroxylation is 1. The van der Waals surface area contributed by atoms with E-state index in [1.807, 2.05) is 29.6 Å². The smallest absolute Gasteiger partial charge is 0.226 e. The molecule has 0 aliphatic heterocycles. The van der Waals surface area contributed by atoms with Crippen LogP contribution in [0.5, 0.6) is 0 Å². The van der Waals surface area contributed by atoms with Crippen LogP contribution in [0.1, 0.15) is 36.1 Å². The molecule has 3 aromatic rings. The highest BCUT2D eigenvalue weighted by Gasteiger charge is 2.13. The minimum atomic E-state index is 0.0282. The van der Waals surface area contributed by atoms with Gasteiger partial charge in [0.05, 0.1) is 12.1 Å². The van der Waals surface area contributed by atoms with E-state index in [2.05, 4.69) is 54.5 Å². The number of nitrogens with one attached hydrogen (secondary N) is 1. The van der Waals surface area contributed by atoms with Crippen molar-refractivity contribution in [2.24, 2.45) is 0 Å². The second-order valence-electron chi connectivity index (χ2n) is 6.51. The molecule has 0 fully saturated rings. The monoisotopic (exact) mass is 364 g/mol. The van der Waals surface area contributed by atoms with Gasteiger partial charge in [0.25, 0.3) is 0 Å². The van der Waals surface area contributed by atoms with Gasteiger partial charge in [-0.15, -0.1) is 11.3 Å². The van der Waals surface area contributed by atoms with Crippen molar-refractivity contribution in [1.82, 2.24) is 10.3 Å². The Morgan fingerprint density at radius 2 is 1.96 bits per heavy atom. The van der Waals surface area contributed by atoms with Crippen LogP contribution in [0.3, 0.4) is 0 Å². The molecule has 1 heterocycles. The molecule has 26 heavy (non-hydrogen) atoms. The molecule has 1 amide bonds. The fraction of sp³-hybridized carbons (Fsp3) is 0.273. The van der Waals surface area contributed by atoms with Gasteiger partial charge >= 0.3 is 0 Å². The minimum absolute atomic E-state index is 0.0282. The van der Waals surface area contributed by atoms with Gasteiger partial charge in [0.2, 0.25) is 5.91 Å². The first-order valence-electron chi connectivity index (χ1n) is 8.98. The first-order chi connectivity index (χ1) is 12.7. The van der Waals surface area contributed by atoms with E-state index in [1.165, 1.54) is 11.1 Å². The van der Waals surface area contributed by atoms with Crippen LogP contribution >= 0.6 is 11.3 Å². The van der Waals surface area contributed by atoms with Crippen LogP contribution in [-0.4, -0.2) is 17.4 Å². The summed E-state index contributed by atoms with van der Waals surface area (Å²) in [6.07, 6.45) is 1.33. The van der Waals surface area contributed by atoms with Gasteiger partial charge in [-0.3, -0.25) is 4.79 Å². The number of carbonyl (C=O) groups excluding carboxylic acids is 1. The molecule has 134 valence electrons. The fourth-order valence-corrected chi connectivity index (χ4v) is 3.80. The van der Waals surface area contributed by atoms with Gasteiger partial charge in [-0.25, -0.2) is 4.98 Å². The molecule has 0 radical (unpaired) electrons. The van der Waals surface area contributed by atoms with Gasteiger partial charge in [-0.1, -0.05) is 61.0 Å². The predicted octanol–water partition coefficient (Wildman–Crippen LogP) is 4.97. The van der Waals surface area contributed by atoms with Crippen LogP contribution in [0.25, 0.3) is 10.6 Å². The lowest BCUT2D eigenvalue weighted by molar-refractivity contribution is -0.120. The topological polar surface area (TPSA) is 42.0 Å². The molecule has 1 unspecified atom stereocenters. The maximum Gasteiger partial charge on any atom is 0.226 e. The van der Waals surface area contributed by atoms with Crippen molar-refractivity contribution in [2.45, 2.75) is 32.6 Å². The van der Waals surface area contributed by atoms with Crippen molar-refractivity contribution in [1.29, 1.82) is 0 Å². The van der Waals surface area contributed by atoms with Gasteiger partial charge < -0.3 is 5.32 Å². The molecule has 1 N–H and O–H groups in total. The molecular weight excluding hydrogens is 340 g/mol. The molecule has 3 nitrogen and oxygen atoms in total. The highest BCUT2D eigenvalue weighted by atomic mass is 32.1. The maximum absolute atomic E-state index is 12.3. The van der Waals surface area contributed by atoms with Gasteiger partial charge in [-0.05, 0) is 25.0 Å². The Morgan fingerprint density at radius 1 is 1.15 bits per heavy atom. The highest BCUT2D eigenvalue weighted by molar-refractivity contribution is 7.13. The van der Waals surface area contributed by atoms with Crippen LogP contribution in [0.4, 0.5) is 0 Å². The summed E-state index contributed by atoms with van der Waals surface area (Å²) in [6.45, 7) is 4.88. The molecule has 1 atom stereocenters. The fourth-order valence-electron chi connectivity index (χ4n) is 2.99. The van der Waals surface area contributed by atoms with Crippen LogP contribution in [-0.2, 0) is 11.2 Å². The standard InChI is InChI=1S/C22H24N2OS/c1-3-17(18-9-5-4-6-10-18)14-23-21(25)13-20-15-26-22(24-20)19-11-7-8-16(2)12-19/h4-12,15,17H,3,13-14H2,1-2H3,(H,23,25). The Hall–Kier alpha value is -2.46. The zero-order chi connectivity index (χ0) is 18.4. The summed E-state index contributed by atoms with van der Waals surface area (Å²) in [5.41, 5.74) is 4.42.